The van der Waals surface area contributed by atoms with Gasteiger partial charge in [-0.2, -0.15) is 0 Å². The van der Waals surface area contributed by atoms with Crippen molar-refractivity contribution in [2.75, 3.05) is 13.2 Å². The minimum Gasteiger partial charge on any atom is -0.494 e. The van der Waals surface area contributed by atoms with Crippen LogP contribution in [0.25, 0.3) is 0 Å². The molecule has 0 aromatic heterocycles. The van der Waals surface area contributed by atoms with Gasteiger partial charge in [-0.1, -0.05) is 0 Å². The maximum absolute atomic E-state index is 11.9. The molecule has 1 aromatic carbocycles. The zero-order valence-corrected chi connectivity index (χ0v) is 10.9. The average molecular weight is 235 g/mol. The Hall–Kier alpha value is -1.35. The highest BCUT2D eigenvalue weighted by Crippen LogP contribution is 2.24. The van der Waals surface area contributed by atoms with Gasteiger partial charge in [0.2, 0.25) is 0 Å². The Kier molecular flexibility index (Phi) is 5.16. The standard InChI is InChI=1S/C14H21NO2/c1-4-17-14-9-10(2)12(8-11(14)3)13(16)6-5-7-15/h8-9H,4-7,15H2,1-3H3. The van der Waals surface area contributed by atoms with Crippen molar-refractivity contribution in [2.45, 2.75) is 33.6 Å². The van der Waals surface area contributed by atoms with E-state index in [2.05, 4.69) is 0 Å². The molecule has 1 rings (SSSR count). The first-order valence-electron chi connectivity index (χ1n) is 6.07. The van der Waals surface area contributed by atoms with Crippen LogP contribution >= 0.6 is 0 Å². The number of carbonyl (C=O) groups excluding carboxylic acids is 1. The molecule has 94 valence electrons. The summed E-state index contributed by atoms with van der Waals surface area (Å²) in [5.41, 5.74) is 8.19. The van der Waals surface area contributed by atoms with E-state index in [0.29, 0.717) is 19.6 Å². The number of ketones is 1. The van der Waals surface area contributed by atoms with E-state index in [0.717, 1.165) is 28.9 Å². The summed E-state index contributed by atoms with van der Waals surface area (Å²) in [5, 5.41) is 0. The van der Waals surface area contributed by atoms with Crippen molar-refractivity contribution in [1.82, 2.24) is 0 Å². The second kappa shape index (κ2) is 6.40. The van der Waals surface area contributed by atoms with Crippen LogP contribution in [0.1, 0.15) is 41.3 Å². The van der Waals surface area contributed by atoms with Crippen molar-refractivity contribution in [3.8, 4) is 5.75 Å². The number of hydrogen-bond acceptors (Lipinski definition) is 3. The van der Waals surface area contributed by atoms with Crippen LogP contribution in [0, 0.1) is 13.8 Å². The molecular formula is C14H21NO2. The van der Waals surface area contributed by atoms with E-state index in [-0.39, 0.29) is 5.78 Å². The maximum Gasteiger partial charge on any atom is 0.163 e. The number of carbonyl (C=O) groups is 1. The van der Waals surface area contributed by atoms with Gasteiger partial charge in [0.15, 0.2) is 5.78 Å². The van der Waals surface area contributed by atoms with E-state index in [1.165, 1.54) is 0 Å². The summed E-state index contributed by atoms with van der Waals surface area (Å²) in [6, 6.07) is 3.85. The summed E-state index contributed by atoms with van der Waals surface area (Å²) in [4.78, 5) is 11.9. The summed E-state index contributed by atoms with van der Waals surface area (Å²) in [6.07, 6.45) is 1.26. The number of nitrogens with two attached hydrogens (primary N) is 1. The highest BCUT2D eigenvalue weighted by atomic mass is 16.5. The van der Waals surface area contributed by atoms with Gasteiger partial charge in [0, 0.05) is 12.0 Å². The highest BCUT2D eigenvalue weighted by Gasteiger charge is 2.11. The number of benzene rings is 1. The second-order valence-electron chi connectivity index (χ2n) is 4.18. The molecule has 0 spiro atoms. The van der Waals surface area contributed by atoms with Crippen molar-refractivity contribution in [3.63, 3.8) is 0 Å². The van der Waals surface area contributed by atoms with E-state index < -0.39 is 0 Å². The van der Waals surface area contributed by atoms with Crippen molar-refractivity contribution in [2.24, 2.45) is 5.73 Å². The molecule has 2 N–H and O–H groups in total. The lowest BCUT2D eigenvalue weighted by Gasteiger charge is -2.11. The van der Waals surface area contributed by atoms with Crippen molar-refractivity contribution in [1.29, 1.82) is 0 Å². The molecule has 0 fully saturated rings. The molecule has 0 aliphatic carbocycles. The van der Waals surface area contributed by atoms with Crippen LogP contribution in [-0.2, 0) is 0 Å². The average Bonchev–Trinajstić information content (AvgIpc) is 2.30. The third-order valence-corrected chi connectivity index (χ3v) is 2.73. The van der Waals surface area contributed by atoms with Crippen molar-refractivity contribution in [3.05, 3.63) is 28.8 Å². The Morgan fingerprint density at radius 3 is 2.59 bits per heavy atom. The molecule has 0 aliphatic rings. The third-order valence-electron chi connectivity index (χ3n) is 2.73. The lowest BCUT2D eigenvalue weighted by atomic mass is 9.98. The minimum absolute atomic E-state index is 0.166. The topological polar surface area (TPSA) is 52.3 Å². The van der Waals surface area contributed by atoms with E-state index in [9.17, 15) is 4.79 Å². The second-order valence-corrected chi connectivity index (χ2v) is 4.18. The first-order chi connectivity index (χ1) is 8.10. The van der Waals surface area contributed by atoms with Crippen LogP contribution in [0.4, 0.5) is 0 Å². The number of ether oxygens (including phenoxy) is 1. The van der Waals surface area contributed by atoms with Gasteiger partial charge in [-0.05, 0) is 57.0 Å². The highest BCUT2D eigenvalue weighted by molar-refractivity contribution is 5.97. The minimum atomic E-state index is 0.166. The summed E-state index contributed by atoms with van der Waals surface area (Å²) >= 11 is 0. The normalized spacial score (nSPS) is 10.4. The molecule has 3 heteroatoms. The van der Waals surface area contributed by atoms with Gasteiger partial charge in [-0.25, -0.2) is 0 Å². The van der Waals surface area contributed by atoms with Crippen LogP contribution in [0.5, 0.6) is 5.75 Å². The van der Waals surface area contributed by atoms with E-state index in [1.807, 2.05) is 32.9 Å². The first-order valence-corrected chi connectivity index (χ1v) is 6.07. The van der Waals surface area contributed by atoms with E-state index >= 15 is 0 Å². The van der Waals surface area contributed by atoms with Gasteiger partial charge in [-0.3, -0.25) is 4.79 Å². The van der Waals surface area contributed by atoms with Gasteiger partial charge >= 0.3 is 0 Å². The number of rotatable bonds is 6. The third kappa shape index (κ3) is 3.56. The Morgan fingerprint density at radius 2 is 2.00 bits per heavy atom. The van der Waals surface area contributed by atoms with E-state index in [1.54, 1.807) is 0 Å². The van der Waals surface area contributed by atoms with Gasteiger partial charge in [-0.15, -0.1) is 0 Å². The van der Waals surface area contributed by atoms with Gasteiger partial charge in [0.25, 0.3) is 0 Å². The SMILES string of the molecule is CCOc1cc(C)c(C(=O)CCCN)cc1C. The lowest BCUT2D eigenvalue weighted by molar-refractivity contribution is 0.0980. The number of Topliss-reactive ketones (excluding diaryl/α,β-unsaturated/α-hetero) is 1. The number of aryl methyl sites for hydroxylation is 2. The fourth-order valence-corrected chi connectivity index (χ4v) is 1.80. The predicted octanol–water partition coefficient (Wildman–Crippen LogP) is 2.62. The molecule has 0 aliphatic heterocycles. The predicted molar refractivity (Wildman–Crippen MR) is 69.7 cm³/mol. The smallest absolute Gasteiger partial charge is 0.163 e. The van der Waals surface area contributed by atoms with Gasteiger partial charge < -0.3 is 10.5 Å². The molecule has 0 saturated carbocycles. The largest absolute Gasteiger partial charge is 0.494 e. The van der Waals surface area contributed by atoms with Crippen molar-refractivity contribution < 1.29 is 9.53 Å². The van der Waals surface area contributed by atoms with Gasteiger partial charge in [0.1, 0.15) is 5.75 Å². The van der Waals surface area contributed by atoms with Crippen LogP contribution in [0.2, 0.25) is 0 Å². The molecule has 17 heavy (non-hydrogen) atoms. The van der Waals surface area contributed by atoms with Gasteiger partial charge in [0.05, 0.1) is 6.61 Å². The summed E-state index contributed by atoms with van der Waals surface area (Å²) in [6.45, 7) is 7.05. The van der Waals surface area contributed by atoms with Crippen LogP contribution in [-0.4, -0.2) is 18.9 Å². The molecule has 1 aromatic rings. The van der Waals surface area contributed by atoms with Crippen LogP contribution in [0.15, 0.2) is 12.1 Å². The fraction of sp³-hybridized carbons (Fsp3) is 0.500. The molecule has 0 unspecified atom stereocenters. The molecule has 0 heterocycles. The zero-order chi connectivity index (χ0) is 12.8. The van der Waals surface area contributed by atoms with Crippen LogP contribution < -0.4 is 10.5 Å². The lowest BCUT2D eigenvalue weighted by Crippen LogP contribution is -2.07. The Balaban J connectivity index is 2.94. The maximum atomic E-state index is 11.9. The molecular weight excluding hydrogens is 214 g/mol. The molecule has 0 atom stereocenters. The summed E-state index contributed by atoms with van der Waals surface area (Å²) in [5.74, 6) is 1.03. The fourth-order valence-electron chi connectivity index (χ4n) is 1.80. The monoisotopic (exact) mass is 235 g/mol. The first kappa shape index (κ1) is 13.7. The molecule has 0 amide bonds. The Bertz CT molecular complexity index is 399. The number of hydrogen-bond donors (Lipinski definition) is 1. The van der Waals surface area contributed by atoms with Crippen LogP contribution in [0.3, 0.4) is 0 Å². The molecule has 0 radical (unpaired) electrons. The Morgan fingerprint density at radius 1 is 1.29 bits per heavy atom. The molecule has 3 nitrogen and oxygen atoms in total. The van der Waals surface area contributed by atoms with E-state index in [4.69, 9.17) is 10.5 Å². The summed E-state index contributed by atoms with van der Waals surface area (Å²) < 4.78 is 5.50. The quantitative estimate of drug-likeness (QED) is 0.771. The zero-order valence-electron chi connectivity index (χ0n) is 10.9. The molecule has 0 bridgehead atoms. The van der Waals surface area contributed by atoms with Crippen molar-refractivity contribution >= 4 is 5.78 Å². The summed E-state index contributed by atoms with van der Waals surface area (Å²) in [7, 11) is 0. The molecule has 0 saturated heterocycles. The Labute approximate surface area is 103 Å².